The summed E-state index contributed by atoms with van der Waals surface area (Å²) in [6.45, 7) is 1.00. The van der Waals surface area contributed by atoms with Crippen LogP contribution in [-0.4, -0.2) is 44.0 Å². The monoisotopic (exact) mass is 284 g/mol. The summed E-state index contributed by atoms with van der Waals surface area (Å²) in [5.74, 6) is -0.0828. The normalized spacial score (nSPS) is 18.1. The first kappa shape index (κ1) is 17.0. The highest BCUT2D eigenvalue weighted by molar-refractivity contribution is 5.83. The van der Waals surface area contributed by atoms with Gasteiger partial charge in [0.25, 0.3) is 0 Å². The second kappa shape index (κ2) is 8.25. The van der Waals surface area contributed by atoms with Crippen molar-refractivity contribution in [2.75, 3.05) is 27.2 Å². The molecule has 0 atom stereocenters. The SMILES string of the molecule is COC(=O)CCCN(C)C(=O)C1(CN)CCCCCC1. The second-order valence-electron chi connectivity index (χ2n) is 5.81. The molecule has 116 valence electrons. The topological polar surface area (TPSA) is 72.6 Å². The molecule has 2 N–H and O–H groups in total. The Balaban J connectivity index is 2.53. The number of nitrogens with zero attached hydrogens (tertiary/aromatic N) is 1. The zero-order valence-corrected chi connectivity index (χ0v) is 12.8. The number of methoxy groups -OCH3 is 1. The third-order valence-corrected chi connectivity index (χ3v) is 4.35. The molecule has 0 bridgehead atoms. The molecule has 0 heterocycles. The van der Waals surface area contributed by atoms with Gasteiger partial charge in [0, 0.05) is 26.6 Å². The Morgan fingerprint density at radius 2 is 1.80 bits per heavy atom. The molecule has 5 nitrogen and oxygen atoms in total. The van der Waals surface area contributed by atoms with Gasteiger partial charge in [0.2, 0.25) is 5.91 Å². The van der Waals surface area contributed by atoms with E-state index in [1.807, 2.05) is 7.05 Å². The van der Waals surface area contributed by atoms with Gasteiger partial charge in [-0.25, -0.2) is 0 Å². The van der Waals surface area contributed by atoms with Crippen molar-refractivity contribution >= 4 is 11.9 Å². The summed E-state index contributed by atoms with van der Waals surface area (Å²) < 4.78 is 4.60. The van der Waals surface area contributed by atoms with E-state index in [2.05, 4.69) is 4.74 Å². The fourth-order valence-corrected chi connectivity index (χ4v) is 2.98. The van der Waals surface area contributed by atoms with E-state index in [1.165, 1.54) is 20.0 Å². The highest BCUT2D eigenvalue weighted by Gasteiger charge is 2.38. The van der Waals surface area contributed by atoms with E-state index < -0.39 is 0 Å². The van der Waals surface area contributed by atoms with Gasteiger partial charge in [-0.2, -0.15) is 0 Å². The average Bonchev–Trinajstić information content (AvgIpc) is 2.72. The predicted molar refractivity (Wildman–Crippen MR) is 78.1 cm³/mol. The predicted octanol–water partition coefficient (Wildman–Crippen LogP) is 1.70. The number of carbonyl (C=O) groups excluding carboxylic acids is 2. The molecular weight excluding hydrogens is 256 g/mol. The van der Waals surface area contributed by atoms with Crippen molar-refractivity contribution in [2.45, 2.75) is 51.4 Å². The molecule has 0 unspecified atom stereocenters. The number of carbonyl (C=O) groups is 2. The first-order chi connectivity index (χ1) is 9.55. The molecule has 0 radical (unpaired) electrons. The van der Waals surface area contributed by atoms with Crippen LogP contribution in [0.15, 0.2) is 0 Å². The highest BCUT2D eigenvalue weighted by Crippen LogP contribution is 2.35. The number of esters is 1. The van der Waals surface area contributed by atoms with Crippen molar-refractivity contribution in [3.63, 3.8) is 0 Å². The molecule has 0 aromatic carbocycles. The zero-order valence-electron chi connectivity index (χ0n) is 12.8. The Morgan fingerprint density at radius 3 is 2.30 bits per heavy atom. The molecular formula is C15H28N2O3. The van der Waals surface area contributed by atoms with Gasteiger partial charge in [0.1, 0.15) is 0 Å². The number of rotatable bonds is 6. The first-order valence-corrected chi connectivity index (χ1v) is 7.58. The Bertz CT molecular complexity index is 323. The lowest BCUT2D eigenvalue weighted by atomic mass is 9.79. The molecule has 0 aromatic heterocycles. The van der Waals surface area contributed by atoms with Crippen molar-refractivity contribution < 1.29 is 14.3 Å². The number of nitrogens with two attached hydrogens (primary N) is 1. The van der Waals surface area contributed by atoms with Crippen molar-refractivity contribution in [3.8, 4) is 0 Å². The summed E-state index contributed by atoms with van der Waals surface area (Å²) in [7, 11) is 3.19. The summed E-state index contributed by atoms with van der Waals surface area (Å²) in [6, 6.07) is 0. The van der Waals surface area contributed by atoms with Gasteiger partial charge in [-0.3, -0.25) is 9.59 Å². The first-order valence-electron chi connectivity index (χ1n) is 7.58. The highest BCUT2D eigenvalue weighted by atomic mass is 16.5. The third-order valence-electron chi connectivity index (χ3n) is 4.35. The Hall–Kier alpha value is -1.10. The number of amides is 1. The lowest BCUT2D eigenvalue weighted by Crippen LogP contribution is -2.46. The molecule has 1 amide bonds. The van der Waals surface area contributed by atoms with Crippen LogP contribution >= 0.6 is 0 Å². The van der Waals surface area contributed by atoms with Crippen molar-refractivity contribution in [1.82, 2.24) is 4.90 Å². The van der Waals surface area contributed by atoms with Crippen molar-refractivity contribution in [2.24, 2.45) is 11.1 Å². The molecule has 1 aliphatic carbocycles. The summed E-state index contributed by atoms with van der Waals surface area (Å²) in [4.78, 5) is 25.5. The van der Waals surface area contributed by atoms with Crippen LogP contribution in [0, 0.1) is 5.41 Å². The van der Waals surface area contributed by atoms with E-state index in [1.54, 1.807) is 4.90 Å². The molecule has 0 saturated heterocycles. The van der Waals surface area contributed by atoms with E-state index in [-0.39, 0.29) is 17.3 Å². The molecule has 0 aromatic rings. The van der Waals surface area contributed by atoms with Crippen LogP contribution in [0.3, 0.4) is 0 Å². The minimum Gasteiger partial charge on any atom is -0.469 e. The van der Waals surface area contributed by atoms with E-state index in [9.17, 15) is 9.59 Å². The lowest BCUT2D eigenvalue weighted by molar-refractivity contribution is -0.143. The van der Waals surface area contributed by atoms with Crippen LogP contribution in [0.2, 0.25) is 0 Å². The molecule has 5 heteroatoms. The Kier molecular flexibility index (Phi) is 6.99. The fraction of sp³-hybridized carbons (Fsp3) is 0.867. The summed E-state index contributed by atoms with van der Waals surface area (Å²) >= 11 is 0. The number of hydrogen-bond donors (Lipinski definition) is 1. The van der Waals surface area contributed by atoms with Crippen LogP contribution in [0.1, 0.15) is 51.4 Å². The van der Waals surface area contributed by atoms with Gasteiger partial charge in [-0.1, -0.05) is 25.7 Å². The Labute approximate surface area is 121 Å². The van der Waals surface area contributed by atoms with Crippen LogP contribution in [0.25, 0.3) is 0 Å². The zero-order chi connectivity index (χ0) is 15.0. The van der Waals surface area contributed by atoms with Crippen LogP contribution in [-0.2, 0) is 14.3 Å². The van der Waals surface area contributed by atoms with Gasteiger partial charge >= 0.3 is 5.97 Å². The molecule has 1 rings (SSSR count). The summed E-state index contributed by atoms with van der Waals surface area (Å²) in [6.07, 6.45) is 7.33. The quantitative estimate of drug-likeness (QED) is 0.595. The van der Waals surface area contributed by atoms with E-state index in [0.29, 0.717) is 25.9 Å². The maximum Gasteiger partial charge on any atom is 0.305 e. The maximum atomic E-state index is 12.7. The van der Waals surface area contributed by atoms with Gasteiger partial charge in [-0.15, -0.1) is 0 Å². The van der Waals surface area contributed by atoms with Gasteiger partial charge in [0.15, 0.2) is 0 Å². The molecule has 1 saturated carbocycles. The van der Waals surface area contributed by atoms with Crippen molar-refractivity contribution in [1.29, 1.82) is 0 Å². The maximum absolute atomic E-state index is 12.7. The average molecular weight is 284 g/mol. The Morgan fingerprint density at radius 1 is 1.20 bits per heavy atom. The van der Waals surface area contributed by atoms with Crippen LogP contribution in [0.5, 0.6) is 0 Å². The molecule has 20 heavy (non-hydrogen) atoms. The lowest BCUT2D eigenvalue weighted by Gasteiger charge is -2.34. The minimum atomic E-state index is -0.378. The molecule has 0 aliphatic heterocycles. The number of hydrogen-bond acceptors (Lipinski definition) is 4. The summed E-state index contributed by atoms with van der Waals surface area (Å²) in [5.41, 5.74) is 5.54. The standard InChI is InChI=1S/C15H28N2O3/c1-17(11-7-8-13(18)20-2)14(19)15(12-16)9-5-3-4-6-10-15/h3-12,16H2,1-2H3. The summed E-state index contributed by atoms with van der Waals surface area (Å²) in [5, 5.41) is 0. The van der Waals surface area contributed by atoms with Crippen molar-refractivity contribution in [3.05, 3.63) is 0 Å². The van der Waals surface area contributed by atoms with Gasteiger partial charge in [-0.05, 0) is 19.3 Å². The third kappa shape index (κ3) is 4.47. The molecule has 1 fully saturated rings. The minimum absolute atomic E-state index is 0.145. The largest absolute Gasteiger partial charge is 0.469 e. The van der Waals surface area contributed by atoms with E-state index >= 15 is 0 Å². The molecule has 1 aliphatic rings. The van der Waals surface area contributed by atoms with Gasteiger partial charge in [0.05, 0.1) is 12.5 Å². The van der Waals surface area contributed by atoms with E-state index in [4.69, 9.17) is 5.73 Å². The van der Waals surface area contributed by atoms with Gasteiger partial charge < -0.3 is 15.4 Å². The van der Waals surface area contributed by atoms with Crippen LogP contribution in [0.4, 0.5) is 0 Å². The second-order valence-corrected chi connectivity index (χ2v) is 5.81. The van der Waals surface area contributed by atoms with E-state index in [0.717, 1.165) is 25.7 Å². The smallest absolute Gasteiger partial charge is 0.305 e. The number of ether oxygens (including phenoxy) is 1. The fourth-order valence-electron chi connectivity index (χ4n) is 2.98. The van der Waals surface area contributed by atoms with Crippen LogP contribution < -0.4 is 5.73 Å². The molecule has 0 spiro atoms.